The number of likely N-dealkylation sites (tertiary alicyclic amines) is 1. The van der Waals surface area contributed by atoms with Gasteiger partial charge in [-0.25, -0.2) is 4.68 Å². The lowest BCUT2D eigenvalue weighted by atomic mass is 10.1. The van der Waals surface area contributed by atoms with Crippen LogP contribution in [0.3, 0.4) is 0 Å². The third-order valence-corrected chi connectivity index (χ3v) is 4.36. The molecule has 2 heterocycles. The lowest BCUT2D eigenvalue weighted by molar-refractivity contribution is -0.127. The largest absolute Gasteiger partial charge is 0.336 e. The number of benzene rings is 1. The van der Waals surface area contributed by atoms with Gasteiger partial charge < -0.3 is 4.90 Å². The number of hydrogen-bond donors (Lipinski definition) is 0. The van der Waals surface area contributed by atoms with Gasteiger partial charge >= 0.3 is 0 Å². The van der Waals surface area contributed by atoms with Crippen LogP contribution in [0.2, 0.25) is 0 Å². The number of ketones is 1. The number of nitrogens with zero attached hydrogens (tertiary/aromatic N) is 3. The Morgan fingerprint density at radius 2 is 1.65 bits per heavy atom. The summed E-state index contributed by atoms with van der Waals surface area (Å²) in [5.74, 6) is -0.840. The van der Waals surface area contributed by atoms with E-state index in [1.165, 1.54) is 0 Å². The van der Waals surface area contributed by atoms with E-state index in [1.807, 2.05) is 37.3 Å². The van der Waals surface area contributed by atoms with Crippen molar-refractivity contribution in [3.63, 3.8) is 0 Å². The second kappa shape index (κ2) is 6.36. The van der Waals surface area contributed by atoms with E-state index in [0.717, 1.165) is 24.9 Å². The fourth-order valence-electron chi connectivity index (χ4n) is 3.14. The van der Waals surface area contributed by atoms with E-state index < -0.39 is 11.7 Å². The Hall–Kier alpha value is -2.43. The number of rotatable bonds is 3. The normalized spacial score (nSPS) is 14.8. The van der Waals surface area contributed by atoms with Gasteiger partial charge in [0.15, 0.2) is 0 Å². The van der Waals surface area contributed by atoms with Gasteiger partial charge in [-0.2, -0.15) is 5.10 Å². The predicted molar refractivity (Wildman–Crippen MR) is 87.8 cm³/mol. The van der Waals surface area contributed by atoms with Crippen LogP contribution >= 0.6 is 0 Å². The molecule has 0 saturated carbocycles. The first kappa shape index (κ1) is 15.5. The van der Waals surface area contributed by atoms with Crippen LogP contribution in [-0.2, 0) is 4.79 Å². The van der Waals surface area contributed by atoms with Crippen molar-refractivity contribution in [2.24, 2.45) is 0 Å². The molecule has 3 rings (SSSR count). The fourth-order valence-corrected chi connectivity index (χ4v) is 3.14. The lowest BCUT2D eigenvalue weighted by Crippen LogP contribution is -2.40. The highest BCUT2D eigenvalue weighted by molar-refractivity contribution is 6.43. The topological polar surface area (TPSA) is 55.2 Å². The van der Waals surface area contributed by atoms with Gasteiger partial charge in [0.2, 0.25) is 0 Å². The summed E-state index contributed by atoms with van der Waals surface area (Å²) in [5.41, 5.74) is 2.63. The zero-order valence-corrected chi connectivity index (χ0v) is 13.6. The molecule has 5 heteroatoms. The quantitative estimate of drug-likeness (QED) is 0.647. The fraction of sp³-hybridized carbons (Fsp3) is 0.389. The molecule has 0 aliphatic carbocycles. The summed E-state index contributed by atoms with van der Waals surface area (Å²) in [5, 5.41) is 4.45. The molecule has 0 radical (unpaired) electrons. The third-order valence-electron chi connectivity index (χ3n) is 4.36. The van der Waals surface area contributed by atoms with Crippen molar-refractivity contribution in [3.05, 3.63) is 47.3 Å². The third kappa shape index (κ3) is 2.91. The molecule has 1 aromatic heterocycles. The van der Waals surface area contributed by atoms with E-state index >= 15 is 0 Å². The molecule has 0 spiro atoms. The van der Waals surface area contributed by atoms with Crippen molar-refractivity contribution < 1.29 is 9.59 Å². The Morgan fingerprint density at radius 3 is 2.30 bits per heavy atom. The van der Waals surface area contributed by atoms with Gasteiger partial charge in [0, 0.05) is 13.1 Å². The summed E-state index contributed by atoms with van der Waals surface area (Å²) in [6, 6.07) is 9.64. The van der Waals surface area contributed by atoms with E-state index in [4.69, 9.17) is 0 Å². The molecule has 0 atom stereocenters. The van der Waals surface area contributed by atoms with E-state index in [-0.39, 0.29) is 0 Å². The molecule has 23 heavy (non-hydrogen) atoms. The number of carbonyl (C=O) groups is 2. The number of hydrogen-bond acceptors (Lipinski definition) is 3. The second-order valence-corrected chi connectivity index (χ2v) is 5.98. The van der Waals surface area contributed by atoms with Crippen molar-refractivity contribution in [1.82, 2.24) is 14.7 Å². The number of carbonyl (C=O) groups excluding carboxylic acids is 2. The van der Waals surface area contributed by atoms with Crippen LogP contribution in [0.25, 0.3) is 5.69 Å². The summed E-state index contributed by atoms with van der Waals surface area (Å²) in [6.07, 6.45) is 3.07. The lowest BCUT2D eigenvalue weighted by Gasteiger charge is -2.25. The molecular formula is C18H21N3O2. The molecule has 120 valence electrons. The Labute approximate surface area is 135 Å². The van der Waals surface area contributed by atoms with Crippen LogP contribution in [0.5, 0.6) is 0 Å². The van der Waals surface area contributed by atoms with Crippen molar-refractivity contribution in [1.29, 1.82) is 0 Å². The predicted octanol–water partition coefficient (Wildman–Crippen LogP) is 2.68. The zero-order chi connectivity index (χ0) is 16.4. The maximum absolute atomic E-state index is 12.7. The van der Waals surface area contributed by atoms with Crippen LogP contribution < -0.4 is 0 Å². The van der Waals surface area contributed by atoms with Crippen LogP contribution in [-0.4, -0.2) is 39.5 Å². The second-order valence-electron chi connectivity index (χ2n) is 5.98. The number of para-hydroxylation sites is 1. The molecule has 1 fully saturated rings. The summed E-state index contributed by atoms with van der Waals surface area (Å²) < 4.78 is 1.73. The summed E-state index contributed by atoms with van der Waals surface area (Å²) in [4.78, 5) is 26.8. The first-order valence-electron chi connectivity index (χ1n) is 8.05. The molecule has 0 bridgehead atoms. The molecule has 1 saturated heterocycles. The Morgan fingerprint density at radius 1 is 1.00 bits per heavy atom. The Bertz CT molecular complexity index is 728. The SMILES string of the molecule is Cc1nn(-c2ccccc2)c(C)c1C(=O)C(=O)N1CCCCC1. The van der Waals surface area contributed by atoms with Crippen molar-refractivity contribution in [3.8, 4) is 5.69 Å². The molecule has 0 unspecified atom stereocenters. The highest BCUT2D eigenvalue weighted by Gasteiger charge is 2.29. The Balaban J connectivity index is 1.92. The molecule has 1 aliphatic rings. The van der Waals surface area contributed by atoms with Crippen LogP contribution in [0.4, 0.5) is 0 Å². The Kier molecular flexibility index (Phi) is 4.28. The molecule has 5 nitrogen and oxygen atoms in total. The monoisotopic (exact) mass is 311 g/mol. The summed E-state index contributed by atoms with van der Waals surface area (Å²) >= 11 is 0. The molecule has 0 N–H and O–H groups in total. The molecule has 1 aromatic carbocycles. The van der Waals surface area contributed by atoms with E-state index in [9.17, 15) is 9.59 Å². The van der Waals surface area contributed by atoms with Crippen molar-refractivity contribution in [2.45, 2.75) is 33.1 Å². The zero-order valence-electron chi connectivity index (χ0n) is 13.6. The van der Waals surface area contributed by atoms with Crippen molar-refractivity contribution >= 4 is 11.7 Å². The average Bonchev–Trinajstić information content (AvgIpc) is 2.89. The van der Waals surface area contributed by atoms with E-state index in [0.29, 0.717) is 30.0 Å². The van der Waals surface area contributed by atoms with Crippen molar-refractivity contribution in [2.75, 3.05) is 13.1 Å². The van der Waals surface area contributed by atoms with Gasteiger partial charge in [-0.1, -0.05) is 18.2 Å². The number of aryl methyl sites for hydroxylation is 1. The number of aromatic nitrogens is 2. The number of piperidine rings is 1. The minimum absolute atomic E-state index is 0.400. The highest BCUT2D eigenvalue weighted by atomic mass is 16.2. The van der Waals surface area contributed by atoms with Gasteiger partial charge in [0.1, 0.15) is 0 Å². The summed E-state index contributed by atoms with van der Waals surface area (Å²) in [7, 11) is 0. The van der Waals surface area contributed by atoms with E-state index in [1.54, 1.807) is 16.5 Å². The first-order valence-corrected chi connectivity index (χ1v) is 8.05. The highest BCUT2D eigenvalue weighted by Crippen LogP contribution is 2.20. The van der Waals surface area contributed by atoms with Gasteiger partial charge in [-0.15, -0.1) is 0 Å². The van der Waals surface area contributed by atoms with Gasteiger partial charge in [-0.3, -0.25) is 9.59 Å². The maximum Gasteiger partial charge on any atom is 0.295 e. The van der Waals surface area contributed by atoms with Gasteiger partial charge in [0.05, 0.1) is 22.6 Å². The minimum Gasteiger partial charge on any atom is -0.336 e. The number of amides is 1. The van der Waals surface area contributed by atoms with E-state index in [2.05, 4.69) is 5.10 Å². The van der Waals surface area contributed by atoms with Crippen LogP contribution in [0.15, 0.2) is 30.3 Å². The van der Waals surface area contributed by atoms with Gasteiger partial charge in [0.25, 0.3) is 11.7 Å². The smallest absolute Gasteiger partial charge is 0.295 e. The minimum atomic E-state index is -0.441. The van der Waals surface area contributed by atoms with Crippen LogP contribution in [0, 0.1) is 13.8 Å². The van der Waals surface area contributed by atoms with Gasteiger partial charge in [-0.05, 0) is 45.2 Å². The molecular weight excluding hydrogens is 290 g/mol. The summed E-state index contributed by atoms with van der Waals surface area (Å²) in [6.45, 7) is 4.97. The number of Topliss-reactive ketones (excluding diaryl/α,β-unsaturated/α-hetero) is 1. The van der Waals surface area contributed by atoms with Crippen LogP contribution in [0.1, 0.15) is 41.0 Å². The standard InChI is InChI=1S/C18H21N3O2/c1-13-16(17(22)18(23)20-11-7-4-8-12-20)14(2)21(19-13)15-9-5-3-6-10-15/h3,5-6,9-10H,4,7-8,11-12H2,1-2H3. The average molecular weight is 311 g/mol. The molecule has 1 amide bonds. The molecule has 1 aliphatic heterocycles. The first-order chi connectivity index (χ1) is 11.1. The molecule has 2 aromatic rings. The maximum atomic E-state index is 12.7.